The van der Waals surface area contributed by atoms with Crippen molar-refractivity contribution in [2.45, 2.75) is 4.90 Å². The molecule has 0 aliphatic rings. The van der Waals surface area contributed by atoms with Gasteiger partial charge in [0.2, 0.25) is 0 Å². The number of hydrogen-bond donors (Lipinski definition) is 0. The van der Waals surface area contributed by atoms with Gasteiger partial charge in [-0.05, 0) is 54.6 Å². The standard InChI is InChI=1S/C21H14ClNO8S/c22-16-8-4-14(5-9-16)20(24)13-30-21(25)15-6-10-18(11-7-15)31-32(28,29)19-3-1-2-17(12-19)23(26)27/h1-12H,13H2. The number of carbonyl (C=O) groups excluding carboxylic acids is 2. The lowest BCUT2D eigenvalue weighted by atomic mass is 10.1. The summed E-state index contributed by atoms with van der Waals surface area (Å²) < 4.78 is 34.6. The first kappa shape index (κ1) is 22.9. The molecule has 32 heavy (non-hydrogen) atoms. The molecule has 164 valence electrons. The van der Waals surface area contributed by atoms with Gasteiger partial charge in [-0.2, -0.15) is 8.42 Å². The zero-order chi connectivity index (χ0) is 23.3. The van der Waals surface area contributed by atoms with E-state index in [0.29, 0.717) is 10.6 Å². The number of hydrogen-bond acceptors (Lipinski definition) is 8. The van der Waals surface area contributed by atoms with Crippen LogP contribution in [-0.4, -0.2) is 31.7 Å². The monoisotopic (exact) mass is 475 g/mol. The number of carbonyl (C=O) groups is 2. The van der Waals surface area contributed by atoms with E-state index in [4.69, 9.17) is 20.5 Å². The number of ketones is 1. The molecule has 0 radical (unpaired) electrons. The van der Waals surface area contributed by atoms with Crippen LogP contribution in [0.4, 0.5) is 5.69 Å². The van der Waals surface area contributed by atoms with Gasteiger partial charge in [0.05, 0.1) is 10.5 Å². The minimum Gasteiger partial charge on any atom is -0.454 e. The third-order valence-corrected chi connectivity index (χ3v) is 5.61. The van der Waals surface area contributed by atoms with Gasteiger partial charge in [0.25, 0.3) is 5.69 Å². The van der Waals surface area contributed by atoms with Crippen LogP contribution in [0, 0.1) is 10.1 Å². The molecule has 0 heterocycles. The van der Waals surface area contributed by atoms with Crippen molar-refractivity contribution in [3.63, 3.8) is 0 Å². The van der Waals surface area contributed by atoms with Gasteiger partial charge in [-0.25, -0.2) is 4.79 Å². The van der Waals surface area contributed by atoms with E-state index in [1.54, 1.807) is 0 Å². The van der Waals surface area contributed by atoms with Crippen LogP contribution in [0.2, 0.25) is 5.02 Å². The first-order valence-electron chi connectivity index (χ1n) is 8.90. The molecule has 3 aromatic carbocycles. The molecular formula is C21H14ClNO8S. The molecule has 11 heteroatoms. The van der Waals surface area contributed by atoms with E-state index in [0.717, 1.165) is 18.2 Å². The maximum atomic E-state index is 12.3. The van der Waals surface area contributed by atoms with Gasteiger partial charge in [0, 0.05) is 22.7 Å². The third kappa shape index (κ3) is 5.68. The van der Waals surface area contributed by atoms with Gasteiger partial charge in [-0.3, -0.25) is 14.9 Å². The Bertz CT molecular complexity index is 1270. The number of halogens is 1. The van der Waals surface area contributed by atoms with Crippen LogP contribution >= 0.6 is 11.6 Å². The minimum atomic E-state index is -4.33. The number of non-ortho nitro benzene ring substituents is 1. The summed E-state index contributed by atoms with van der Waals surface area (Å²) in [5.41, 5.74) is -0.00720. The summed E-state index contributed by atoms with van der Waals surface area (Å²) >= 11 is 5.76. The fraction of sp³-hybridized carbons (Fsp3) is 0.0476. The Hall–Kier alpha value is -3.76. The average Bonchev–Trinajstić information content (AvgIpc) is 2.78. The highest BCUT2D eigenvalue weighted by Gasteiger charge is 2.20. The van der Waals surface area contributed by atoms with E-state index < -0.39 is 44.0 Å². The zero-order valence-corrected chi connectivity index (χ0v) is 17.7. The Morgan fingerprint density at radius 1 is 0.938 bits per heavy atom. The number of nitro groups is 1. The molecule has 0 amide bonds. The molecule has 0 aliphatic heterocycles. The molecule has 0 saturated carbocycles. The number of nitro benzene ring substituents is 1. The number of Topliss-reactive ketones (excluding diaryl/α,β-unsaturated/α-hetero) is 1. The summed E-state index contributed by atoms with van der Waals surface area (Å²) in [6, 6.07) is 15.4. The van der Waals surface area contributed by atoms with E-state index >= 15 is 0 Å². The predicted molar refractivity (Wildman–Crippen MR) is 113 cm³/mol. The Balaban J connectivity index is 1.63. The molecule has 0 atom stereocenters. The van der Waals surface area contributed by atoms with Crippen molar-refractivity contribution in [3.8, 4) is 5.75 Å². The molecular weight excluding hydrogens is 462 g/mol. The number of rotatable bonds is 8. The van der Waals surface area contributed by atoms with Gasteiger partial charge >= 0.3 is 16.1 Å². The lowest BCUT2D eigenvalue weighted by Crippen LogP contribution is -2.14. The lowest BCUT2D eigenvalue weighted by molar-refractivity contribution is -0.385. The molecule has 0 aliphatic carbocycles. The topological polar surface area (TPSA) is 130 Å². The third-order valence-electron chi connectivity index (χ3n) is 4.11. The van der Waals surface area contributed by atoms with Crippen LogP contribution in [0.3, 0.4) is 0 Å². The highest BCUT2D eigenvalue weighted by molar-refractivity contribution is 7.87. The smallest absolute Gasteiger partial charge is 0.339 e. The molecule has 0 bridgehead atoms. The highest BCUT2D eigenvalue weighted by atomic mass is 35.5. The molecule has 0 aromatic heterocycles. The van der Waals surface area contributed by atoms with Gasteiger partial charge in [-0.15, -0.1) is 0 Å². The lowest BCUT2D eigenvalue weighted by Gasteiger charge is -2.08. The Kier molecular flexibility index (Phi) is 6.86. The van der Waals surface area contributed by atoms with E-state index in [-0.39, 0.29) is 11.3 Å². The summed E-state index contributed by atoms with van der Waals surface area (Å²) in [6.07, 6.45) is 0. The van der Waals surface area contributed by atoms with Crippen molar-refractivity contribution in [1.82, 2.24) is 0 Å². The zero-order valence-electron chi connectivity index (χ0n) is 16.1. The van der Waals surface area contributed by atoms with Gasteiger partial charge < -0.3 is 8.92 Å². The summed E-state index contributed by atoms with van der Waals surface area (Å²) in [6.45, 7) is -0.486. The van der Waals surface area contributed by atoms with Crippen molar-refractivity contribution < 1.29 is 31.9 Å². The normalized spacial score (nSPS) is 10.9. The number of benzene rings is 3. The average molecular weight is 476 g/mol. The Labute approximate surface area is 187 Å². The van der Waals surface area contributed by atoms with Crippen molar-refractivity contribution in [2.75, 3.05) is 6.61 Å². The molecule has 0 fully saturated rings. The van der Waals surface area contributed by atoms with Crippen LogP contribution in [0.15, 0.2) is 77.7 Å². The molecule has 9 nitrogen and oxygen atoms in total. The molecule has 0 saturated heterocycles. The second kappa shape index (κ2) is 9.58. The summed E-state index contributed by atoms with van der Waals surface area (Å²) in [5.74, 6) is -1.33. The summed E-state index contributed by atoms with van der Waals surface area (Å²) in [5, 5.41) is 11.3. The van der Waals surface area contributed by atoms with Crippen LogP contribution in [-0.2, 0) is 14.9 Å². The summed E-state index contributed by atoms with van der Waals surface area (Å²) in [4.78, 5) is 33.9. The SMILES string of the molecule is O=C(COC(=O)c1ccc(OS(=O)(=O)c2cccc([N+](=O)[O-])c2)cc1)c1ccc(Cl)cc1. The molecule has 0 N–H and O–H groups in total. The van der Waals surface area contributed by atoms with Crippen LogP contribution in [0.1, 0.15) is 20.7 Å². The summed E-state index contributed by atoms with van der Waals surface area (Å²) in [7, 11) is -4.33. The van der Waals surface area contributed by atoms with Gasteiger partial charge in [0.15, 0.2) is 12.4 Å². The van der Waals surface area contributed by atoms with Crippen LogP contribution < -0.4 is 4.18 Å². The van der Waals surface area contributed by atoms with Gasteiger partial charge in [-0.1, -0.05) is 17.7 Å². The predicted octanol–water partition coefficient (Wildman–Crippen LogP) is 4.06. The number of nitrogens with zero attached hydrogens (tertiary/aromatic N) is 1. The van der Waals surface area contributed by atoms with Crippen LogP contribution in [0.25, 0.3) is 0 Å². The van der Waals surface area contributed by atoms with Crippen molar-refractivity contribution in [2.24, 2.45) is 0 Å². The first-order chi connectivity index (χ1) is 15.2. The molecule has 3 rings (SSSR count). The molecule has 0 spiro atoms. The second-order valence-electron chi connectivity index (χ2n) is 6.32. The highest BCUT2D eigenvalue weighted by Crippen LogP contribution is 2.22. The van der Waals surface area contributed by atoms with E-state index in [1.165, 1.54) is 54.6 Å². The fourth-order valence-electron chi connectivity index (χ4n) is 2.51. The quantitative estimate of drug-likeness (QED) is 0.157. The van der Waals surface area contributed by atoms with Crippen molar-refractivity contribution >= 4 is 39.2 Å². The number of ether oxygens (including phenoxy) is 1. The first-order valence-corrected chi connectivity index (χ1v) is 10.7. The maximum absolute atomic E-state index is 12.3. The van der Waals surface area contributed by atoms with Gasteiger partial charge in [0.1, 0.15) is 10.6 Å². The Morgan fingerprint density at radius 2 is 1.56 bits per heavy atom. The van der Waals surface area contributed by atoms with E-state index in [1.807, 2.05) is 0 Å². The largest absolute Gasteiger partial charge is 0.454 e. The second-order valence-corrected chi connectivity index (χ2v) is 8.31. The minimum absolute atomic E-state index is 0.0639. The van der Waals surface area contributed by atoms with Crippen molar-refractivity contribution in [1.29, 1.82) is 0 Å². The fourth-order valence-corrected chi connectivity index (χ4v) is 3.60. The van der Waals surface area contributed by atoms with Crippen molar-refractivity contribution in [3.05, 3.63) is 99.1 Å². The van der Waals surface area contributed by atoms with E-state index in [2.05, 4.69) is 0 Å². The van der Waals surface area contributed by atoms with Crippen LogP contribution in [0.5, 0.6) is 5.75 Å². The maximum Gasteiger partial charge on any atom is 0.339 e. The number of esters is 1. The molecule has 0 unspecified atom stereocenters. The molecule has 3 aromatic rings. The Morgan fingerprint density at radius 3 is 2.19 bits per heavy atom. The van der Waals surface area contributed by atoms with E-state index in [9.17, 15) is 28.1 Å².